The van der Waals surface area contributed by atoms with E-state index in [1.165, 1.54) is 6.20 Å². The summed E-state index contributed by atoms with van der Waals surface area (Å²) in [4.78, 5) is 0. The normalized spacial score (nSPS) is 8.71. The van der Waals surface area contributed by atoms with Gasteiger partial charge in [0.2, 0.25) is 0 Å². The molecule has 0 atom stereocenters. The van der Waals surface area contributed by atoms with Crippen molar-refractivity contribution < 1.29 is 0 Å². The summed E-state index contributed by atoms with van der Waals surface area (Å²) in [6.45, 7) is 0. The zero-order valence-electron chi connectivity index (χ0n) is 3.50. The van der Waals surface area contributed by atoms with Crippen LogP contribution in [0.5, 0.6) is 0 Å². The predicted octanol–water partition coefficient (Wildman–Crippen LogP) is 0.565. The minimum absolute atomic E-state index is 0.600. The van der Waals surface area contributed by atoms with Crippen LogP contribution in [0.25, 0.3) is 0 Å². The van der Waals surface area contributed by atoms with Crippen molar-refractivity contribution in [3.63, 3.8) is 0 Å². The highest BCUT2D eigenvalue weighted by atomic mass is 32.1. The van der Waals surface area contributed by atoms with Gasteiger partial charge in [0.1, 0.15) is 5.03 Å². The van der Waals surface area contributed by atoms with Gasteiger partial charge < -0.3 is 0 Å². The van der Waals surface area contributed by atoms with Crippen molar-refractivity contribution in [2.45, 2.75) is 5.03 Å². The molecule has 0 bridgehead atoms. The Morgan fingerprint density at radius 1 is 1.71 bits per heavy atom. The Kier molecular flexibility index (Phi) is 1.26. The maximum Gasteiger partial charge on any atom is 0.116 e. The van der Waals surface area contributed by atoms with Crippen LogP contribution in [0.1, 0.15) is 0 Å². The molecule has 35 valence electrons. The van der Waals surface area contributed by atoms with Gasteiger partial charge in [-0.25, -0.2) is 0 Å². The molecule has 1 radical (unpaired) electrons. The fourth-order valence-electron chi connectivity index (χ4n) is 0.262. The summed E-state index contributed by atoms with van der Waals surface area (Å²) in [5.41, 5.74) is 0. The van der Waals surface area contributed by atoms with Crippen molar-refractivity contribution in [2.24, 2.45) is 0 Å². The fraction of sp³-hybridized carbons (Fsp3) is 0. The summed E-state index contributed by atoms with van der Waals surface area (Å²) in [7, 11) is 0. The van der Waals surface area contributed by atoms with Crippen LogP contribution in [0.3, 0.4) is 0 Å². The molecule has 2 nitrogen and oxygen atoms in total. The highest BCUT2D eigenvalue weighted by Crippen LogP contribution is 1.92. The van der Waals surface area contributed by atoms with Gasteiger partial charge >= 0.3 is 0 Å². The van der Waals surface area contributed by atoms with E-state index < -0.39 is 0 Å². The second kappa shape index (κ2) is 1.93. The fourth-order valence-corrected chi connectivity index (χ4v) is 0.388. The Morgan fingerprint density at radius 2 is 2.57 bits per heavy atom. The predicted molar refractivity (Wildman–Crippen MR) is 28.1 cm³/mol. The Labute approximate surface area is 47.0 Å². The number of hydrogen-bond acceptors (Lipinski definition) is 3. The largest absolute Gasteiger partial charge is 0.157 e. The summed E-state index contributed by atoms with van der Waals surface area (Å²) in [6.07, 6.45) is 1.49. The lowest BCUT2D eigenvalue weighted by molar-refractivity contribution is 0.931. The molecule has 7 heavy (non-hydrogen) atoms. The van der Waals surface area contributed by atoms with Gasteiger partial charge in [0.15, 0.2) is 0 Å². The quantitative estimate of drug-likeness (QED) is 0.495. The van der Waals surface area contributed by atoms with Gasteiger partial charge in [-0.1, -0.05) is 0 Å². The van der Waals surface area contributed by atoms with E-state index in [-0.39, 0.29) is 0 Å². The van der Waals surface area contributed by atoms with E-state index in [4.69, 9.17) is 0 Å². The van der Waals surface area contributed by atoms with Crippen molar-refractivity contribution in [3.8, 4) is 0 Å². The molecule has 1 heterocycles. The SMILES string of the molecule is Sc1c[c]cnn1. The maximum absolute atomic E-state index is 3.88. The molecule has 0 spiro atoms. The zero-order chi connectivity index (χ0) is 5.11. The minimum Gasteiger partial charge on any atom is -0.157 e. The number of rotatable bonds is 0. The molecule has 0 aromatic carbocycles. The molecule has 1 rings (SSSR count). The average molecular weight is 111 g/mol. The van der Waals surface area contributed by atoms with E-state index in [1.54, 1.807) is 6.07 Å². The summed E-state index contributed by atoms with van der Waals surface area (Å²) in [6, 6.07) is 4.36. The molecule has 0 aliphatic rings. The Hall–Kier alpha value is -0.570. The highest BCUT2D eigenvalue weighted by Gasteiger charge is 1.76. The van der Waals surface area contributed by atoms with Crippen LogP contribution in [0, 0.1) is 6.07 Å². The van der Waals surface area contributed by atoms with Gasteiger partial charge in [0, 0.05) is 6.07 Å². The number of nitrogens with zero attached hydrogens (tertiary/aromatic N) is 2. The molecule has 1 aromatic rings. The first-order valence-corrected chi connectivity index (χ1v) is 2.22. The van der Waals surface area contributed by atoms with Crippen molar-refractivity contribution in [1.82, 2.24) is 10.2 Å². The molecule has 0 amide bonds. The molecule has 3 heteroatoms. The molecular formula is C4H3N2S. The smallest absolute Gasteiger partial charge is 0.116 e. The first-order chi connectivity index (χ1) is 3.39. The highest BCUT2D eigenvalue weighted by molar-refractivity contribution is 7.80. The zero-order valence-corrected chi connectivity index (χ0v) is 4.39. The second-order valence-electron chi connectivity index (χ2n) is 1.01. The molecule has 0 aliphatic heterocycles. The average Bonchev–Trinajstić information content (AvgIpc) is 1.69. The Balaban J connectivity index is 3.02. The first-order valence-electron chi connectivity index (χ1n) is 1.77. The van der Waals surface area contributed by atoms with Crippen molar-refractivity contribution in [3.05, 3.63) is 18.3 Å². The van der Waals surface area contributed by atoms with Crippen LogP contribution in [0.2, 0.25) is 0 Å². The van der Waals surface area contributed by atoms with Crippen LogP contribution in [0.4, 0.5) is 0 Å². The van der Waals surface area contributed by atoms with Crippen LogP contribution in [-0.2, 0) is 0 Å². The van der Waals surface area contributed by atoms with Gasteiger partial charge in [-0.15, -0.1) is 17.7 Å². The standard InChI is InChI=1S/C4H3N2S/c7-4-2-1-3-5-6-4/h2-3H,(H,6,7). The van der Waals surface area contributed by atoms with Crippen LogP contribution in [-0.4, -0.2) is 10.2 Å². The Bertz CT molecular complexity index is 140. The third-order valence-electron chi connectivity index (χ3n) is 0.505. The maximum atomic E-state index is 3.88. The monoisotopic (exact) mass is 111 g/mol. The van der Waals surface area contributed by atoms with E-state index in [0.717, 1.165) is 0 Å². The molecule has 0 aliphatic carbocycles. The second-order valence-corrected chi connectivity index (χ2v) is 1.47. The third kappa shape index (κ3) is 1.16. The van der Waals surface area contributed by atoms with Gasteiger partial charge in [0.25, 0.3) is 0 Å². The van der Waals surface area contributed by atoms with E-state index >= 15 is 0 Å². The molecule has 1 aromatic heterocycles. The minimum atomic E-state index is 0.600. The van der Waals surface area contributed by atoms with E-state index in [0.29, 0.717) is 5.03 Å². The van der Waals surface area contributed by atoms with Gasteiger partial charge in [-0.2, -0.15) is 5.10 Å². The topological polar surface area (TPSA) is 25.8 Å². The lowest BCUT2D eigenvalue weighted by Gasteiger charge is -1.79. The van der Waals surface area contributed by atoms with Crippen LogP contribution in [0.15, 0.2) is 17.3 Å². The summed E-state index contributed by atoms with van der Waals surface area (Å²) < 4.78 is 0. The summed E-state index contributed by atoms with van der Waals surface area (Å²) in [5.74, 6) is 0. The van der Waals surface area contributed by atoms with E-state index in [1.807, 2.05) is 0 Å². The lowest BCUT2D eigenvalue weighted by atomic mass is 10.6. The van der Waals surface area contributed by atoms with E-state index in [2.05, 4.69) is 28.9 Å². The van der Waals surface area contributed by atoms with E-state index in [9.17, 15) is 0 Å². The molecule has 0 saturated carbocycles. The molecule has 0 N–H and O–H groups in total. The molecular weight excluding hydrogens is 108 g/mol. The number of aromatic nitrogens is 2. The molecule has 0 unspecified atom stereocenters. The number of hydrogen-bond donors (Lipinski definition) is 1. The lowest BCUT2D eigenvalue weighted by Crippen LogP contribution is -1.76. The van der Waals surface area contributed by atoms with Gasteiger partial charge in [-0.3, -0.25) is 0 Å². The van der Waals surface area contributed by atoms with Crippen LogP contribution < -0.4 is 0 Å². The van der Waals surface area contributed by atoms with Gasteiger partial charge in [-0.05, 0) is 6.07 Å². The van der Waals surface area contributed by atoms with Crippen molar-refractivity contribution in [1.29, 1.82) is 0 Å². The van der Waals surface area contributed by atoms with Crippen LogP contribution >= 0.6 is 12.6 Å². The first kappa shape index (κ1) is 4.59. The summed E-state index contributed by atoms with van der Waals surface area (Å²) >= 11 is 3.88. The summed E-state index contributed by atoms with van der Waals surface area (Å²) in [5, 5.41) is 7.66. The number of thiol groups is 1. The third-order valence-corrected chi connectivity index (χ3v) is 0.723. The van der Waals surface area contributed by atoms with Crippen molar-refractivity contribution in [2.75, 3.05) is 0 Å². The van der Waals surface area contributed by atoms with Crippen molar-refractivity contribution >= 4 is 12.6 Å². The van der Waals surface area contributed by atoms with Gasteiger partial charge in [0.05, 0.1) is 6.20 Å². The molecule has 0 saturated heterocycles. The molecule has 0 fully saturated rings. The Morgan fingerprint density at radius 3 is 2.86 bits per heavy atom.